The third kappa shape index (κ3) is 2.81. The van der Waals surface area contributed by atoms with Crippen molar-refractivity contribution in [1.82, 2.24) is 0 Å². The molecule has 0 saturated heterocycles. The van der Waals surface area contributed by atoms with Crippen molar-refractivity contribution in [3.63, 3.8) is 0 Å². The van der Waals surface area contributed by atoms with Gasteiger partial charge in [-0.2, -0.15) is 0 Å². The quantitative estimate of drug-likeness (QED) is 0.845. The van der Waals surface area contributed by atoms with Crippen LogP contribution in [-0.2, 0) is 6.42 Å². The molecule has 2 rings (SSSR count). The molecule has 0 bridgehead atoms. The molecule has 1 aromatic rings. The van der Waals surface area contributed by atoms with E-state index in [1.165, 1.54) is 18.4 Å². The van der Waals surface area contributed by atoms with Gasteiger partial charge in [0.05, 0.1) is 12.7 Å². The second-order valence-electron chi connectivity index (χ2n) is 4.91. The van der Waals surface area contributed by atoms with Gasteiger partial charge >= 0.3 is 0 Å². The van der Waals surface area contributed by atoms with E-state index >= 15 is 0 Å². The number of hydrogen-bond donors (Lipinski definition) is 1. The van der Waals surface area contributed by atoms with Gasteiger partial charge in [-0.3, -0.25) is 0 Å². The Morgan fingerprint density at radius 3 is 2.82 bits per heavy atom. The number of aliphatic hydroxyl groups excluding tert-OH is 1. The molecule has 0 spiro atoms. The molecule has 1 aliphatic carbocycles. The van der Waals surface area contributed by atoms with Gasteiger partial charge < -0.3 is 9.84 Å². The van der Waals surface area contributed by atoms with E-state index in [-0.39, 0.29) is 6.10 Å². The summed E-state index contributed by atoms with van der Waals surface area (Å²) in [6.07, 6.45) is 3.89. The topological polar surface area (TPSA) is 29.5 Å². The van der Waals surface area contributed by atoms with Crippen LogP contribution in [0.25, 0.3) is 0 Å². The van der Waals surface area contributed by atoms with E-state index in [1.54, 1.807) is 0 Å². The number of hydrogen-bond acceptors (Lipinski definition) is 2. The Kier molecular flexibility index (Phi) is 4.06. The molecule has 0 heterocycles. The highest BCUT2D eigenvalue weighted by molar-refractivity contribution is 5.39. The van der Waals surface area contributed by atoms with E-state index in [1.807, 2.05) is 12.1 Å². The molecule has 0 aromatic heterocycles. The molecule has 94 valence electrons. The molecule has 1 aromatic carbocycles. The molecule has 0 amide bonds. The number of fused-ring (bicyclic) bond motifs is 1. The molecule has 2 nitrogen and oxygen atoms in total. The minimum absolute atomic E-state index is 0.266. The minimum atomic E-state index is -0.266. The molecule has 1 N–H and O–H groups in total. The highest BCUT2D eigenvalue weighted by Crippen LogP contribution is 2.33. The van der Waals surface area contributed by atoms with Gasteiger partial charge in [0.25, 0.3) is 0 Å². The van der Waals surface area contributed by atoms with Crippen molar-refractivity contribution in [1.29, 1.82) is 0 Å². The van der Waals surface area contributed by atoms with Gasteiger partial charge in [-0.15, -0.1) is 0 Å². The number of rotatable bonds is 5. The lowest BCUT2D eigenvalue weighted by molar-refractivity contribution is 0.180. The second-order valence-corrected chi connectivity index (χ2v) is 4.91. The van der Waals surface area contributed by atoms with Gasteiger partial charge in [0.1, 0.15) is 5.75 Å². The van der Waals surface area contributed by atoms with Crippen LogP contribution in [0.4, 0.5) is 0 Å². The van der Waals surface area contributed by atoms with Crippen LogP contribution in [0.15, 0.2) is 18.2 Å². The van der Waals surface area contributed by atoms with Gasteiger partial charge in [-0.25, -0.2) is 0 Å². The second kappa shape index (κ2) is 5.54. The summed E-state index contributed by atoms with van der Waals surface area (Å²) in [7, 11) is 0. The van der Waals surface area contributed by atoms with Crippen LogP contribution in [0, 0.1) is 5.92 Å². The zero-order valence-electron chi connectivity index (χ0n) is 10.8. The first-order chi connectivity index (χ1) is 8.24. The Labute approximate surface area is 104 Å². The predicted molar refractivity (Wildman–Crippen MR) is 69.3 cm³/mol. The molecule has 17 heavy (non-hydrogen) atoms. The third-order valence-corrected chi connectivity index (χ3v) is 3.80. The van der Waals surface area contributed by atoms with Gasteiger partial charge in [0.2, 0.25) is 0 Å². The van der Waals surface area contributed by atoms with Crippen LogP contribution in [0.2, 0.25) is 0 Å². The summed E-state index contributed by atoms with van der Waals surface area (Å²) in [6.45, 7) is 5.21. The Bertz CT molecular complexity index is 369. The van der Waals surface area contributed by atoms with E-state index in [4.69, 9.17) is 4.74 Å². The summed E-state index contributed by atoms with van der Waals surface area (Å²) < 4.78 is 5.83. The zero-order chi connectivity index (χ0) is 12.3. The minimum Gasteiger partial charge on any atom is -0.493 e. The van der Waals surface area contributed by atoms with E-state index in [2.05, 4.69) is 19.9 Å². The summed E-state index contributed by atoms with van der Waals surface area (Å²) in [6, 6.07) is 6.08. The maximum absolute atomic E-state index is 9.73. The van der Waals surface area contributed by atoms with Crippen molar-refractivity contribution in [2.75, 3.05) is 6.61 Å². The van der Waals surface area contributed by atoms with Gasteiger partial charge in [0, 0.05) is 0 Å². The summed E-state index contributed by atoms with van der Waals surface area (Å²) in [5.41, 5.74) is 2.33. The first-order valence-electron chi connectivity index (χ1n) is 6.68. The molecule has 0 fully saturated rings. The highest BCUT2D eigenvalue weighted by atomic mass is 16.5. The van der Waals surface area contributed by atoms with E-state index in [0.29, 0.717) is 5.92 Å². The highest BCUT2D eigenvalue weighted by Gasteiger charge is 2.20. The van der Waals surface area contributed by atoms with Crippen LogP contribution in [0.1, 0.15) is 50.3 Å². The molecule has 1 atom stereocenters. The van der Waals surface area contributed by atoms with Crippen molar-refractivity contribution in [3.8, 4) is 5.75 Å². The molecule has 1 unspecified atom stereocenters. The van der Waals surface area contributed by atoms with Gasteiger partial charge in [-0.1, -0.05) is 32.8 Å². The lowest BCUT2D eigenvalue weighted by Crippen LogP contribution is -2.10. The lowest BCUT2D eigenvalue weighted by atomic mass is 10.1. The van der Waals surface area contributed by atoms with Crippen molar-refractivity contribution in [3.05, 3.63) is 29.3 Å². The molecule has 0 saturated carbocycles. The average Bonchev–Trinajstić information content (AvgIpc) is 2.72. The van der Waals surface area contributed by atoms with Crippen LogP contribution in [0.3, 0.4) is 0 Å². The largest absolute Gasteiger partial charge is 0.493 e. The zero-order valence-corrected chi connectivity index (χ0v) is 10.8. The van der Waals surface area contributed by atoms with Gasteiger partial charge in [0.15, 0.2) is 0 Å². The van der Waals surface area contributed by atoms with Gasteiger partial charge in [-0.05, 0) is 42.0 Å². The molecular weight excluding hydrogens is 212 g/mol. The Morgan fingerprint density at radius 2 is 2.12 bits per heavy atom. The first kappa shape index (κ1) is 12.4. The van der Waals surface area contributed by atoms with Crippen LogP contribution >= 0.6 is 0 Å². The smallest absolute Gasteiger partial charge is 0.119 e. The van der Waals surface area contributed by atoms with Crippen LogP contribution < -0.4 is 4.74 Å². The fourth-order valence-corrected chi connectivity index (χ4v) is 2.40. The average molecular weight is 234 g/mol. The molecule has 1 aliphatic rings. The predicted octanol–water partition coefficient (Wildman–Crippen LogP) is 3.48. The van der Waals surface area contributed by atoms with Crippen molar-refractivity contribution >= 4 is 0 Å². The maximum atomic E-state index is 9.73. The monoisotopic (exact) mass is 234 g/mol. The summed E-state index contributed by atoms with van der Waals surface area (Å²) in [5.74, 6) is 1.60. The summed E-state index contributed by atoms with van der Waals surface area (Å²) in [4.78, 5) is 0. The van der Waals surface area contributed by atoms with Crippen LogP contribution in [-0.4, -0.2) is 11.7 Å². The first-order valence-corrected chi connectivity index (χ1v) is 6.68. The fourth-order valence-electron chi connectivity index (χ4n) is 2.40. The molecule has 0 aliphatic heterocycles. The summed E-state index contributed by atoms with van der Waals surface area (Å²) >= 11 is 0. The normalized spacial score (nSPS) is 18.5. The molecule has 2 heteroatoms. The number of aliphatic hydroxyl groups is 1. The molecule has 0 radical (unpaired) electrons. The SMILES string of the molecule is CCC(CC)COc1ccc2c(c1)CCC2O. The molecular formula is C15H22O2. The third-order valence-electron chi connectivity index (χ3n) is 3.80. The van der Waals surface area contributed by atoms with Crippen LogP contribution in [0.5, 0.6) is 5.75 Å². The Hall–Kier alpha value is -1.02. The van der Waals surface area contributed by atoms with Crippen molar-refractivity contribution < 1.29 is 9.84 Å². The Morgan fingerprint density at radius 1 is 1.35 bits per heavy atom. The lowest BCUT2D eigenvalue weighted by Gasteiger charge is -2.14. The standard InChI is InChI=1S/C15H22O2/c1-3-11(4-2)10-17-13-6-7-14-12(9-13)5-8-15(14)16/h6-7,9,11,15-16H,3-5,8,10H2,1-2H3. The van der Waals surface area contributed by atoms with E-state index < -0.39 is 0 Å². The van der Waals surface area contributed by atoms with Crippen molar-refractivity contribution in [2.45, 2.75) is 45.6 Å². The summed E-state index contributed by atoms with van der Waals surface area (Å²) in [5, 5.41) is 9.73. The van der Waals surface area contributed by atoms with E-state index in [0.717, 1.165) is 30.8 Å². The van der Waals surface area contributed by atoms with E-state index in [9.17, 15) is 5.11 Å². The number of benzene rings is 1. The maximum Gasteiger partial charge on any atom is 0.119 e. The Balaban J connectivity index is 1.99. The number of ether oxygens (including phenoxy) is 1. The fraction of sp³-hybridized carbons (Fsp3) is 0.600. The number of aryl methyl sites for hydroxylation is 1. The van der Waals surface area contributed by atoms with Crippen molar-refractivity contribution in [2.24, 2.45) is 5.92 Å².